The number of hydrogen-bond donors (Lipinski definition) is 1. The zero-order chi connectivity index (χ0) is 24.2. The highest BCUT2D eigenvalue weighted by molar-refractivity contribution is 6.31. The fourth-order valence-electron chi connectivity index (χ4n) is 3.29. The van der Waals surface area contributed by atoms with Gasteiger partial charge in [0.05, 0.1) is 19.1 Å². The van der Waals surface area contributed by atoms with Crippen LogP contribution in [-0.2, 0) is 20.9 Å². The summed E-state index contributed by atoms with van der Waals surface area (Å²) in [5.74, 6) is -0.0807. The van der Waals surface area contributed by atoms with E-state index in [4.69, 9.17) is 16.3 Å². The molecule has 9 heteroatoms. The first-order valence-corrected chi connectivity index (χ1v) is 11.0. The normalized spacial score (nSPS) is 12.5. The largest absolute Gasteiger partial charge is 0.467 e. The number of methoxy groups -OCH3 is 1. The number of nitrogens with zero attached hydrogens (tertiary/aromatic N) is 4. The minimum Gasteiger partial charge on any atom is -0.467 e. The second-order valence-corrected chi connectivity index (χ2v) is 9.16. The van der Waals surface area contributed by atoms with Crippen molar-refractivity contribution in [2.75, 3.05) is 7.11 Å². The number of esters is 1. The molecule has 3 rings (SSSR count). The van der Waals surface area contributed by atoms with E-state index in [1.807, 2.05) is 24.3 Å². The fraction of sp³-hybridized carbons (Fsp3) is 0.375. The number of ether oxygens (including phenoxy) is 1. The highest BCUT2D eigenvalue weighted by atomic mass is 35.5. The average Bonchev–Trinajstić information content (AvgIpc) is 3.25. The molecule has 0 aliphatic heterocycles. The van der Waals surface area contributed by atoms with E-state index in [2.05, 4.69) is 34.6 Å². The van der Waals surface area contributed by atoms with Crippen LogP contribution in [-0.4, -0.2) is 39.2 Å². The predicted octanol–water partition coefficient (Wildman–Crippen LogP) is 4.17. The van der Waals surface area contributed by atoms with Crippen molar-refractivity contribution in [2.45, 2.75) is 46.2 Å². The molecule has 1 unspecified atom stereocenters. The lowest BCUT2D eigenvalue weighted by atomic mass is 9.91. The molecule has 2 aromatic carbocycles. The zero-order valence-electron chi connectivity index (χ0n) is 19.4. The van der Waals surface area contributed by atoms with Crippen LogP contribution in [0.1, 0.15) is 50.8 Å². The molecule has 8 nitrogen and oxygen atoms in total. The molecule has 0 spiro atoms. The van der Waals surface area contributed by atoms with E-state index < -0.39 is 17.4 Å². The Labute approximate surface area is 198 Å². The van der Waals surface area contributed by atoms with E-state index in [0.717, 1.165) is 5.56 Å². The Hall–Kier alpha value is -3.26. The molecule has 0 fully saturated rings. The number of carbonyl (C=O) groups excluding carboxylic acids is 2. The van der Waals surface area contributed by atoms with Gasteiger partial charge in [0.15, 0.2) is 6.04 Å². The number of halogens is 1. The maximum absolute atomic E-state index is 13.1. The van der Waals surface area contributed by atoms with Crippen molar-refractivity contribution in [3.05, 3.63) is 64.7 Å². The molecule has 1 N–H and O–H groups in total. The number of hydrogen-bond acceptors (Lipinski definition) is 6. The Kier molecular flexibility index (Phi) is 7.48. The third-order valence-corrected chi connectivity index (χ3v) is 5.71. The molecular weight excluding hydrogens is 442 g/mol. The lowest BCUT2D eigenvalue weighted by Crippen LogP contribution is -2.44. The maximum atomic E-state index is 13.1. The Morgan fingerprint density at radius 1 is 1.12 bits per heavy atom. The van der Waals surface area contributed by atoms with Gasteiger partial charge in [-0.1, -0.05) is 67.9 Å². The number of carbonyl (C=O) groups is 2. The molecule has 0 aliphatic carbocycles. The lowest BCUT2D eigenvalue weighted by Gasteiger charge is -2.26. The Morgan fingerprint density at radius 2 is 1.79 bits per heavy atom. The van der Waals surface area contributed by atoms with E-state index >= 15 is 0 Å². The first-order chi connectivity index (χ1) is 15.6. The number of rotatable bonds is 8. The molecule has 0 bridgehead atoms. The molecule has 1 heterocycles. The van der Waals surface area contributed by atoms with Crippen molar-refractivity contribution in [1.29, 1.82) is 0 Å². The summed E-state index contributed by atoms with van der Waals surface area (Å²) in [7, 11) is 1.26. The monoisotopic (exact) mass is 469 g/mol. The molecule has 1 atom stereocenters. The van der Waals surface area contributed by atoms with E-state index in [0.29, 0.717) is 22.3 Å². The minimum absolute atomic E-state index is 0.159. The number of aromatic nitrogens is 4. The van der Waals surface area contributed by atoms with Crippen LogP contribution in [0.15, 0.2) is 48.5 Å². The second kappa shape index (κ2) is 10.1. The SMILES string of the molecule is COC(=O)C(NC(=O)C(C)(C)Cn1nnc(-c2ccc(C(C)C)cc2)n1)c1ccccc1Cl. The van der Waals surface area contributed by atoms with Gasteiger partial charge in [0, 0.05) is 16.1 Å². The van der Waals surface area contributed by atoms with Gasteiger partial charge in [-0.3, -0.25) is 4.79 Å². The standard InChI is InChI=1S/C24H28ClN5O3/c1-15(2)16-10-12-17(13-11-16)21-27-29-30(28-21)14-24(3,4)23(32)26-20(22(31)33-5)18-8-6-7-9-19(18)25/h6-13,15,20H,14H2,1-5H3,(H,26,32). The van der Waals surface area contributed by atoms with Crippen molar-refractivity contribution >= 4 is 23.5 Å². The van der Waals surface area contributed by atoms with E-state index in [1.165, 1.54) is 17.5 Å². The number of benzene rings is 2. The molecule has 174 valence electrons. The van der Waals surface area contributed by atoms with Crippen LogP contribution in [0.5, 0.6) is 0 Å². The maximum Gasteiger partial charge on any atom is 0.333 e. The van der Waals surface area contributed by atoms with Crippen molar-refractivity contribution in [3.63, 3.8) is 0 Å². The van der Waals surface area contributed by atoms with Gasteiger partial charge in [-0.2, -0.15) is 4.80 Å². The van der Waals surface area contributed by atoms with Crippen LogP contribution in [0.25, 0.3) is 11.4 Å². The molecule has 0 aliphatic rings. The summed E-state index contributed by atoms with van der Waals surface area (Å²) >= 11 is 6.24. The summed E-state index contributed by atoms with van der Waals surface area (Å²) in [6, 6.07) is 13.8. The minimum atomic E-state index is -1.03. The second-order valence-electron chi connectivity index (χ2n) is 8.76. The van der Waals surface area contributed by atoms with E-state index in [9.17, 15) is 9.59 Å². The van der Waals surface area contributed by atoms with Crippen molar-refractivity contribution in [1.82, 2.24) is 25.5 Å². The topological polar surface area (TPSA) is 99.0 Å². The van der Waals surface area contributed by atoms with Crippen LogP contribution in [0, 0.1) is 5.41 Å². The van der Waals surface area contributed by atoms with E-state index in [-0.39, 0.29) is 12.5 Å². The summed E-state index contributed by atoms with van der Waals surface area (Å²) in [5.41, 5.74) is 1.58. The van der Waals surface area contributed by atoms with Crippen LogP contribution in [0.4, 0.5) is 0 Å². The smallest absolute Gasteiger partial charge is 0.333 e. The van der Waals surface area contributed by atoms with Crippen LogP contribution >= 0.6 is 11.6 Å². The highest BCUT2D eigenvalue weighted by Gasteiger charge is 2.34. The van der Waals surface area contributed by atoms with Crippen molar-refractivity contribution in [2.24, 2.45) is 5.41 Å². The lowest BCUT2D eigenvalue weighted by molar-refractivity contribution is -0.146. The molecule has 3 aromatic rings. The molecule has 33 heavy (non-hydrogen) atoms. The Balaban J connectivity index is 1.75. The first kappa shape index (κ1) is 24.4. The van der Waals surface area contributed by atoms with Gasteiger partial charge in [-0.15, -0.1) is 10.2 Å². The van der Waals surface area contributed by atoms with Gasteiger partial charge in [0.25, 0.3) is 0 Å². The van der Waals surface area contributed by atoms with Crippen LogP contribution in [0.3, 0.4) is 0 Å². The first-order valence-electron chi connectivity index (χ1n) is 10.6. The third-order valence-electron chi connectivity index (χ3n) is 5.37. The third kappa shape index (κ3) is 5.76. The summed E-state index contributed by atoms with van der Waals surface area (Å²) in [6.07, 6.45) is 0. The number of nitrogens with one attached hydrogen (secondary N) is 1. The summed E-state index contributed by atoms with van der Waals surface area (Å²) in [4.78, 5) is 26.9. The number of tetrazole rings is 1. The molecule has 0 saturated carbocycles. The average molecular weight is 470 g/mol. The van der Waals surface area contributed by atoms with E-state index in [1.54, 1.807) is 38.1 Å². The summed E-state index contributed by atoms with van der Waals surface area (Å²) in [5, 5.41) is 15.8. The molecule has 0 radical (unpaired) electrons. The highest BCUT2D eigenvalue weighted by Crippen LogP contribution is 2.26. The van der Waals surface area contributed by atoms with Gasteiger partial charge >= 0.3 is 5.97 Å². The Bertz CT molecular complexity index is 1130. The molecule has 1 aromatic heterocycles. The predicted molar refractivity (Wildman–Crippen MR) is 125 cm³/mol. The number of amides is 1. The Morgan fingerprint density at radius 3 is 2.39 bits per heavy atom. The van der Waals surface area contributed by atoms with Crippen LogP contribution < -0.4 is 5.32 Å². The molecule has 0 saturated heterocycles. The van der Waals surface area contributed by atoms with Gasteiger partial charge in [0.2, 0.25) is 11.7 Å². The van der Waals surface area contributed by atoms with Gasteiger partial charge < -0.3 is 10.1 Å². The summed E-state index contributed by atoms with van der Waals surface area (Å²) < 4.78 is 4.88. The van der Waals surface area contributed by atoms with Crippen molar-refractivity contribution in [3.8, 4) is 11.4 Å². The molecule has 1 amide bonds. The van der Waals surface area contributed by atoms with Gasteiger partial charge in [0.1, 0.15) is 0 Å². The van der Waals surface area contributed by atoms with Gasteiger partial charge in [-0.05, 0) is 36.6 Å². The zero-order valence-corrected chi connectivity index (χ0v) is 20.1. The fourth-order valence-corrected chi connectivity index (χ4v) is 3.53. The molecular formula is C24H28ClN5O3. The van der Waals surface area contributed by atoms with Crippen LogP contribution in [0.2, 0.25) is 5.02 Å². The van der Waals surface area contributed by atoms with Crippen molar-refractivity contribution < 1.29 is 14.3 Å². The summed E-state index contributed by atoms with van der Waals surface area (Å²) in [6.45, 7) is 7.90. The quantitative estimate of drug-likeness (QED) is 0.497. The van der Waals surface area contributed by atoms with Gasteiger partial charge in [-0.25, -0.2) is 4.79 Å².